The van der Waals surface area contributed by atoms with Crippen LogP contribution in [-0.4, -0.2) is 61.7 Å². The molecule has 2 heterocycles. The van der Waals surface area contributed by atoms with Crippen molar-refractivity contribution in [2.75, 3.05) is 50.7 Å². The summed E-state index contributed by atoms with van der Waals surface area (Å²) in [4.78, 5) is 15.4. The third kappa shape index (κ3) is 7.29. The molecule has 1 aliphatic rings. The number of benzene rings is 1. The molecule has 2 N–H and O–H groups in total. The van der Waals surface area contributed by atoms with Crippen molar-refractivity contribution in [3.8, 4) is 0 Å². The molecule has 0 aliphatic carbocycles. The molecule has 1 saturated heterocycles. The fourth-order valence-corrected chi connectivity index (χ4v) is 4.40. The summed E-state index contributed by atoms with van der Waals surface area (Å²) in [5.41, 5.74) is 2.70. The second-order valence-electron chi connectivity index (χ2n) is 7.86. The second-order valence-corrected chi connectivity index (χ2v) is 9.18. The number of nitrogens with zero attached hydrogens (tertiary/aromatic N) is 4. The minimum Gasteiger partial charge on any atom is -0.369 e. The van der Waals surface area contributed by atoms with E-state index in [0.717, 1.165) is 56.7 Å². The zero-order valence-electron chi connectivity index (χ0n) is 18.7. The van der Waals surface area contributed by atoms with Crippen LogP contribution in [-0.2, 0) is 6.54 Å². The lowest BCUT2D eigenvalue weighted by atomic mass is 10.2. The maximum absolute atomic E-state index is 4.65. The molecule has 0 saturated carbocycles. The van der Waals surface area contributed by atoms with Crippen LogP contribution in [0.2, 0.25) is 0 Å². The Labute approximate surface area is 185 Å². The number of unbranched alkanes of at least 4 members (excludes halogenated alkanes) is 1. The van der Waals surface area contributed by atoms with Crippen LogP contribution in [0.15, 0.2) is 35.5 Å². The van der Waals surface area contributed by atoms with Gasteiger partial charge in [0.05, 0.1) is 6.54 Å². The van der Waals surface area contributed by atoms with Gasteiger partial charge in [0.2, 0.25) is 0 Å². The Morgan fingerprint density at radius 1 is 1.13 bits per heavy atom. The molecule has 0 atom stereocenters. The maximum atomic E-state index is 4.65. The zero-order valence-corrected chi connectivity index (χ0v) is 19.5. The molecule has 1 aromatic heterocycles. The Kier molecular flexibility index (Phi) is 8.96. The van der Waals surface area contributed by atoms with Gasteiger partial charge in [-0.1, -0.05) is 12.1 Å². The van der Waals surface area contributed by atoms with E-state index in [4.69, 9.17) is 0 Å². The van der Waals surface area contributed by atoms with Crippen molar-refractivity contribution in [2.45, 2.75) is 40.2 Å². The van der Waals surface area contributed by atoms with E-state index in [0.29, 0.717) is 6.54 Å². The first kappa shape index (κ1) is 22.6. The van der Waals surface area contributed by atoms with E-state index >= 15 is 0 Å². The largest absolute Gasteiger partial charge is 0.369 e. The van der Waals surface area contributed by atoms with E-state index in [1.807, 2.05) is 6.20 Å². The number of hydrogen-bond donors (Lipinski definition) is 2. The summed E-state index contributed by atoms with van der Waals surface area (Å²) in [6.07, 6.45) is 4.28. The molecule has 1 fully saturated rings. The molecular weight excluding hydrogens is 392 g/mol. The summed E-state index contributed by atoms with van der Waals surface area (Å²) in [5.74, 6) is 0.886. The number of aryl methyl sites for hydroxylation is 2. The van der Waals surface area contributed by atoms with Crippen molar-refractivity contribution < 1.29 is 0 Å². The Hall–Kier alpha value is -2.12. The summed E-state index contributed by atoms with van der Waals surface area (Å²) in [5, 5.41) is 7.85. The Morgan fingerprint density at radius 2 is 1.97 bits per heavy atom. The van der Waals surface area contributed by atoms with E-state index in [9.17, 15) is 0 Å². The Bertz CT molecular complexity index is 794. The minimum atomic E-state index is 0.638. The number of anilines is 1. The molecule has 1 aromatic carbocycles. The first-order valence-corrected chi connectivity index (χ1v) is 11.9. The minimum absolute atomic E-state index is 0.638. The average molecular weight is 429 g/mol. The van der Waals surface area contributed by atoms with Crippen LogP contribution >= 0.6 is 11.3 Å². The first-order valence-electron chi connectivity index (χ1n) is 11.1. The van der Waals surface area contributed by atoms with Gasteiger partial charge in [0, 0.05) is 56.0 Å². The lowest BCUT2D eigenvalue weighted by Gasteiger charge is -2.36. The third-order valence-electron chi connectivity index (χ3n) is 5.32. The molecule has 0 bridgehead atoms. The fourth-order valence-electron chi connectivity index (χ4n) is 3.68. The molecule has 1 aliphatic heterocycles. The van der Waals surface area contributed by atoms with Crippen molar-refractivity contribution in [2.24, 2.45) is 4.99 Å². The lowest BCUT2D eigenvalue weighted by Crippen LogP contribution is -2.46. The molecule has 0 spiro atoms. The number of nitrogens with one attached hydrogen (secondary N) is 2. The van der Waals surface area contributed by atoms with E-state index < -0.39 is 0 Å². The summed E-state index contributed by atoms with van der Waals surface area (Å²) in [6.45, 7) is 14.5. The highest BCUT2D eigenvalue weighted by Crippen LogP contribution is 2.18. The van der Waals surface area contributed by atoms with Gasteiger partial charge in [-0.05, 0) is 57.9 Å². The fraction of sp³-hybridized carbons (Fsp3) is 0.565. The zero-order chi connectivity index (χ0) is 21.2. The SMILES string of the molecule is CCNC(=NCc1ncc(C)s1)NCCCCN1CCN(c2cccc(C)c2)CC1. The highest BCUT2D eigenvalue weighted by Gasteiger charge is 2.16. The first-order chi connectivity index (χ1) is 14.6. The van der Waals surface area contributed by atoms with Gasteiger partial charge < -0.3 is 15.5 Å². The number of guanidine groups is 1. The standard InChI is InChI=1S/C23H36N6S/c1-4-24-23(27-18-22-26-17-20(3)30-22)25-10-5-6-11-28-12-14-29(15-13-28)21-9-7-8-19(2)16-21/h7-9,16-17H,4-6,10-15,18H2,1-3H3,(H2,24,25,27). The van der Waals surface area contributed by atoms with E-state index in [-0.39, 0.29) is 0 Å². The number of aliphatic imine (C=N–C) groups is 1. The molecule has 30 heavy (non-hydrogen) atoms. The molecule has 6 nitrogen and oxygen atoms in total. The number of thiazole rings is 1. The monoisotopic (exact) mass is 428 g/mol. The third-order valence-corrected chi connectivity index (χ3v) is 6.22. The van der Waals surface area contributed by atoms with Crippen LogP contribution in [0.3, 0.4) is 0 Å². The van der Waals surface area contributed by atoms with Gasteiger partial charge in [-0.15, -0.1) is 11.3 Å². The highest BCUT2D eigenvalue weighted by molar-refractivity contribution is 7.11. The van der Waals surface area contributed by atoms with Crippen molar-refractivity contribution >= 4 is 23.0 Å². The molecule has 2 aromatic rings. The van der Waals surface area contributed by atoms with Gasteiger partial charge in [0.25, 0.3) is 0 Å². The van der Waals surface area contributed by atoms with E-state index in [1.54, 1.807) is 11.3 Å². The summed E-state index contributed by atoms with van der Waals surface area (Å²) in [7, 11) is 0. The van der Waals surface area contributed by atoms with Gasteiger partial charge >= 0.3 is 0 Å². The Morgan fingerprint density at radius 3 is 2.67 bits per heavy atom. The van der Waals surface area contributed by atoms with Crippen LogP contribution in [0.5, 0.6) is 0 Å². The average Bonchev–Trinajstić information content (AvgIpc) is 3.17. The number of aromatic nitrogens is 1. The summed E-state index contributed by atoms with van der Waals surface area (Å²) >= 11 is 1.71. The smallest absolute Gasteiger partial charge is 0.191 e. The lowest BCUT2D eigenvalue weighted by molar-refractivity contribution is 0.253. The van der Waals surface area contributed by atoms with Crippen LogP contribution < -0.4 is 15.5 Å². The predicted molar refractivity (Wildman–Crippen MR) is 129 cm³/mol. The van der Waals surface area contributed by atoms with Gasteiger partial charge in [0.15, 0.2) is 5.96 Å². The van der Waals surface area contributed by atoms with Gasteiger partial charge in [-0.2, -0.15) is 0 Å². The van der Waals surface area contributed by atoms with Crippen LogP contribution in [0, 0.1) is 13.8 Å². The number of piperazine rings is 1. The summed E-state index contributed by atoms with van der Waals surface area (Å²) in [6, 6.07) is 8.85. The van der Waals surface area contributed by atoms with Crippen LogP contribution in [0.4, 0.5) is 5.69 Å². The molecule has 3 rings (SSSR count). The molecule has 7 heteroatoms. The van der Waals surface area contributed by atoms with Crippen molar-refractivity contribution in [1.29, 1.82) is 0 Å². The number of rotatable bonds is 9. The topological polar surface area (TPSA) is 55.8 Å². The predicted octanol–water partition coefficient (Wildman–Crippen LogP) is 3.42. The van der Waals surface area contributed by atoms with Crippen molar-refractivity contribution in [1.82, 2.24) is 20.5 Å². The molecule has 0 amide bonds. The molecule has 164 valence electrons. The van der Waals surface area contributed by atoms with E-state index in [1.165, 1.54) is 29.1 Å². The number of hydrogen-bond acceptors (Lipinski definition) is 5. The van der Waals surface area contributed by atoms with Gasteiger partial charge in [-0.3, -0.25) is 4.90 Å². The van der Waals surface area contributed by atoms with E-state index in [2.05, 4.69) is 75.4 Å². The summed E-state index contributed by atoms with van der Waals surface area (Å²) < 4.78 is 0. The van der Waals surface area contributed by atoms with Crippen LogP contribution in [0.25, 0.3) is 0 Å². The Balaban J connectivity index is 1.31. The molecular formula is C23H36N6S. The maximum Gasteiger partial charge on any atom is 0.191 e. The van der Waals surface area contributed by atoms with Gasteiger partial charge in [0.1, 0.15) is 5.01 Å². The quantitative estimate of drug-likeness (QED) is 0.364. The molecule has 0 radical (unpaired) electrons. The normalized spacial score (nSPS) is 15.4. The molecule has 0 unspecified atom stereocenters. The van der Waals surface area contributed by atoms with Crippen molar-refractivity contribution in [3.05, 3.63) is 45.9 Å². The van der Waals surface area contributed by atoms with Crippen molar-refractivity contribution in [3.63, 3.8) is 0 Å². The van der Waals surface area contributed by atoms with Crippen LogP contribution in [0.1, 0.15) is 35.2 Å². The van der Waals surface area contributed by atoms with Gasteiger partial charge in [-0.25, -0.2) is 9.98 Å². The highest BCUT2D eigenvalue weighted by atomic mass is 32.1. The second kappa shape index (κ2) is 11.9.